The van der Waals surface area contributed by atoms with E-state index in [1.54, 1.807) is 6.20 Å². The number of aromatic nitrogens is 1. The van der Waals surface area contributed by atoms with Crippen molar-refractivity contribution in [2.24, 2.45) is 0 Å². The first-order valence-electron chi connectivity index (χ1n) is 5.89. The van der Waals surface area contributed by atoms with Gasteiger partial charge in [-0.3, -0.25) is 4.98 Å². The van der Waals surface area contributed by atoms with Gasteiger partial charge in [0.15, 0.2) is 6.04 Å². The molecule has 1 unspecified atom stereocenters. The molecule has 0 aromatic carbocycles. The van der Waals surface area contributed by atoms with Crippen LogP contribution >= 0.6 is 0 Å². The highest BCUT2D eigenvalue weighted by molar-refractivity contribution is 5.82. The van der Waals surface area contributed by atoms with Crippen molar-refractivity contribution in [2.75, 3.05) is 6.61 Å². The van der Waals surface area contributed by atoms with Crippen molar-refractivity contribution in [3.63, 3.8) is 0 Å². The fourth-order valence-corrected chi connectivity index (χ4v) is 1.51. The molecule has 0 saturated carbocycles. The van der Waals surface area contributed by atoms with Gasteiger partial charge < -0.3 is 20.8 Å². The van der Waals surface area contributed by atoms with E-state index in [9.17, 15) is 9.59 Å². The Hall–Kier alpha value is -2.15. The van der Waals surface area contributed by atoms with Crippen LogP contribution in [0.1, 0.15) is 18.2 Å². The predicted octanol–water partition coefficient (Wildman–Crippen LogP) is -0.111. The molecule has 0 fully saturated rings. The summed E-state index contributed by atoms with van der Waals surface area (Å²) in [6.45, 7) is 1.52. The number of pyridine rings is 1. The summed E-state index contributed by atoms with van der Waals surface area (Å²) in [6, 6.07) is 1.76. The van der Waals surface area contributed by atoms with Gasteiger partial charge in [0.25, 0.3) is 0 Å². The van der Waals surface area contributed by atoms with Crippen LogP contribution in [0.15, 0.2) is 18.3 Å². The standard InChI is InChI=1S/C12H17N3O4/c1-2-8-4-3-5-13-9(8)6-14-12(19)15-10(7-16)11(17)18/h3-5,10,16H,2,6-7H2,1H3,(H,17,18)(H2,14,15,19). The van der Waals surface area contributed by atoms with Gasteiger partial charge >= 0.3 is 12.0 Å². The molecule has 19 heavy (non-hydrogen) atoms. The Morgan fingerprint density at radius 1 is 1.47 bits per heavy atom. The van der Waals surface area contributed by atoms with Crippen LogP contribution in [0.2, 0.25) is 0 Å². The van der Waals surface area contributed by atoms with Gasteiger partial charge in [0, 0.05) is 6.20 Å². The van der Waals surface area contributed by atoms with Crippen molar-refractivity contribution in [3.05, 3.63) is 29.6 Å². The van der Waals surface area contributed by atoms with E-state index in [0.717, 1.165) is 17.7 Å². The summed E-state index contributed by atoms with van der Waals surface area (Å²) in [4.78, 5) is 26.2. The lowest BCUT2D eigenvalue weighted by atomic mass is 10.1. The minimum atomic E-state index is -1.31. The maximum Gasteiger partial charge on any atom is 0.328 e. The number of hydrogen-bond acceptors (Lipinski definition) is 4. The number of rotatable bonds is 6. The predicted molar refractivity (Wildman–Crippen MR) is 67.5 cm³/mol. The first kappa shape index (κ1) is 14.9. The highest BCUT2D eigenvalue weighted by Crippen LogP contribution is 2.05. The van der Waals surface area contributed by atoms with E-state index in [4.69, 9.17) is 10.2 Å². The number of nitrogens with zero attached hydrogens (tertiary/aromatic N) is 1. The number of amides is 2. The number of carbonyl (C=O) groups excluding carboxylic acids is 1. The molecule has 1 rings (SSSR count). The van der Waals surface area contributed by atoms with E-state index >= 15 is 0 Å². The SMILES string of the molecule is CCc1cccnc1CNC(=O)NC(CO)C(=O)O. The second kappa shape index (κ2) is 7.32. The Morgan fingerprint density at radius 3 is 2.79 bits per heavy atom. The van der Waals surface area contributed by atoms with E-state index in [1.807, 2.05) is 19.1 Å². The van der Waals surface area contributed by atoms with Gasteiger partial charge in [-0.2, -0.15) is 0 Å². The third-order valence-corrected chi connectivity index (χ3v) is 2.57. The van der Waals surface area contributed by atoms with Crippen molar-refractivity contribution in [1.29, 1.82) is 0 Å². The second-order valence-corrected chi connectivity index (χ2v) is 3.86. The van der Waals surface area contributed by atoms with Gasteiger partial charge in [0.1, 0.15) is 0 Å². The highest BCUT2D eigenvalue weighted by Gasteiger charge is 2.18. The topological polar surface area (TPSA) is 112 Å². The molecular formula is C12H17N3O4. The molecule has 0 bridgehead atoms. The van der Waals surface area contributed by atoms with Gasteiger partial charge in [-0.15, -0.1) is 0 Å². The molecule has 7 heteroatoms. The normalized spacial score (nSPS) is 11.7. The summed E-state index contributed by atoms with van der Waals surface area (Å²) in [5, 5.41) is 22.1. The molecule has 1 atom stereocenters. The van der Waals surface area contributed by atoms with Crippen molar-refractivity contribution in [1.82, 2.24) is 15.6 Å². The van der Waals surface area contributed by atoms with Crippen LogP contribution in [0.4, 0.5) is 4.79 Å². The molecule has 0 saturated heterocycles. The van der Waals surface area contributed by atoms with Crippen molar-refractivity contribution in [2.45, 2.75) is 25.9 Å². The monoisotopic (exact) mass is 267 g/mol. The lowest BCUT2D eigenvalue weighted by Crippen LogP contribution is -2.47. The van der Waals surface area contributed by atoms with Crippen LogP contribution in [-0.4, -0.2) is 39.8 Å². The molecular weight excluding hydrogens is 250 g/mol. The van der Waals surface area contributed by atoms with E-state index in [2.05, 4.69) is 15.6 Å². The van der Waals surface area contributed by atoms with Gasteiger partial charge in [0.05, 0.1) is 18.8 Å². The first-order valence-corrected chi connectivity index (χ1v) is 5.89. The number of aryl methyl sites for hydroxylation is 1. The fraction of sp³-hybridized carbons (Fsp3) is 0.417. The van der Waals surface area contributed by atoms with Crippen molar-refractivity contribution >= 4 is 12.0 Å². The summed E-state index contributed by atoms with van der Waals surface area (Å²) >= 11 is 0. The molecule has 0 aliphatic heterocycles. The molecule has 0 spiro atoms. The van der Waals surface area contributed by atoms with Crippen LogP contribution in [0.5, 0.6) is 0 Å². The maximum atomic E-state index is 11.5. The van der Waals surface area contributed by atoms with E-state index in [-0.39, 0.29) is 6.54 Å². The van der Waals surface area contributed by atoms with Crippen LogP contribution < -0.4 is 10.6 Å². The molecule has 104 valence electrons. The molecule has 7 nitrogen and oxygen atoms in total. The zero-order valence-electron chi connectivity index (χ0n) is 10.6. The number of carbonyl (C=O) groups is 2. The zero-order valence-corrected chi connectivity index (χ0v) is 10.6. The average molecular weight is 267 g/mol. The fourth-order valence-electron chi connectivity index (χ4n) is 1.51. The smallest absolute Gasteiger partial charge is 0.328 e. The summed E-state index contributed by atoms with van der Waals surface area (Å²) in [5.41, 5.74) is 1.75. The first-order chi connectivity index (χ1) is 9.08. The number of urea groups is 1. The maximum absolute atomic E-state index is 11.5. The van der Waals surface area contributed by atoms with Crippen LogP contribution in [-0.2, 0) is 17.8 Å². The number of hydrogen-bond donors (Lipinski definition) is 4. The third-order valence-electron chi connectivity index (χ3n) is 2.57. The second-order valence-electron chi connectivity index (χ2n) is 3.86. The van der Waals surface area contributed by atoms with Crippen LogP contribution in [0, 0.1) is 0 Å². The molecule has 0 radical (unpaired) electrons. The zero-order chi connectivity index (χ0) is 14.3. The van der Waals surface area contributed by atoms with Gasteiger partial charge in [0.2, 0.25) is 0 Å². The minimum Gasteiger partial charge on any atom is -0.480 e. The molecule has 1 aromatic heterocycles. The highest BCUT2D eigenvalue weighted by atomic mass is 16.4. The van der Waals surface area contributed by atoms with E-state index in [0.29, 0.717) is 0 Å². The Kier molecular flexibility index (Phi) is 5.74. The minimum absolute atomic E-state index is 0.202. The number of carboxylic acid groups (broad SMARTS) is 1. The molecule has 0 aliphatic carbocycles. The summed E-state index contributed by atoms with van der Waals surface area (Å²) in [5.74, 6) is -1.29. The summed E-state index contributed by atoms with van der Waals surface area (Å²) in [6.07, 6.45) is 2.42. The molecule has 1 heterocycles. The number of aliphatic hydroxyl groups is 1. The summed E-state index contributed by atoms with van der Waals surface area (Å²) < 4.78 is 0. The lowest BCUT2D eigenvalue weighted by Gasteiger charge is -2.13. The van der Waals surface area contributed by atoms with Crippen molar-refractivity contribution < 1.29 is 19.8 Å². The largest absolute Gasteiger partial charge is 0.480 e. The van der Waals surface area contributed by atoms with Gasteiger partial charge in [-0.25, -0.2) is 9.59 Å². The quantitative estimate of drug-likeness (QED) is 0.574. The number of aliphatic hydroxyl groups excluding tert-OH is 1. The van der Waals surface area contributed by atoms with E-state index < -0.39 is 24.6 Å². The van der Waals surface area contributed by atoms with Crippen LogP contribution in [0.3, 0.4) is 0 Å². The molecule has 0 aliphatic rings. The summed E-state index contributed by atoms with van der Waals surface area (Å²) in [7, 11) is 0. The average Bonchev–Trinajstić information content (AvgIpc) is 2.42. The van der Waals surface area contributed by atoms with Crippen molar-refractivity contribution in [3.8, 4) is 0 Å². The Balaban J connectivity index is 2.52. The third kappa shape index (κ3) is 4.55. The Morgan fingerprint density at radius 2 is 2.21 bits per heavy atom. The van der Waals surface area contributed by atoms with Gasteiger partial charge in [-0.1, -0.05) is 13.0 Å². The molecule has 1 aromatic rings. The van der Waals surface area contributed by atoms with Crippen LogP contribution in [0.25, 0.3) is 0 Å². The van der Waals surface area contributed by atoms with Gasteiger partial charge in [-0.05, 0) is 18.1 Å². The number of carboxylic acids is 1. The lowest BCUT2D eigenvalue weighted by molar-refractivity contribution is -0.140. The number of nitrogens with one attached hydrogen (secondary N) is 2. The molecule has 4 N–H and O–H groups in total. The number of aliphatic carboxylic acids is 1. The Bertz CT molecular complexity index is 450. The molecule has 2 amide bonds. The Labute approximate surface area is 110 Å². The van der Waals surface area contributed by atoms with E-state index in [1.165, 1.54) is 0 Å².